The van der Waals surface area contributed by atoms with Crippen LogP contribution in [0.4, 0.5) is 13.2 Å². The van der Waals surface area contributed by atoms with Gasteiger partial charge in [-0.1, -0.05) is 0 Å². The third-order valence-electron chi connectivity index (χ3n) is 2.80. The predicted octanol–water partition coefficient (Wildman–Crippen LogP) is 1.90. The number of methoxy groups -OCH3 is 1. The molecule has 1 fully saturated rings. The molecule has 1 unspecified atom stereocenters. The molecule has 1 aromatic rings. The van der Waals surface area contributed by atoms with Gasteiger partial charge in [-0.3, -0.25) is 4.79 Å². The number of ether oxygens (including phenoxy) is 2. The number of halogens is 3. The lowest BCUT2D eigenvalue weighted by Crippen LogP contribution is -2.38. The van der Waals surface area contributed by atoms with Gasteiger partial charge in [0, 0.05) is 12.1 Å². The van der Waals surface area contributed by atoms with Crippen molar-refractivity contribution >= 4 is 5.91 Å². The minimum absolute atomic E-state index is 0.122. The zero-order valence-electron chi connectivity index (χ0n) is 10.1. The van der Waals surface area contributed by atoms with Crippen LogP contribution in [0.3, 0.4) is 0 Å². The van der Waals surface area contributed by atoms with E-state index in [1.54, 1.807) is 0 Å². The second kappa shape index (κ2) is 5.08. The number of carbonyl (C=O) groups is 1. The average molecular weight is 275 g/mol. The first-order valence-corrected chi connectivity index (χ1v) is 5.55. The second-order valence-electron chi connectivity index (χ2n) is 4.06. The van der Waals surface area contributed by atoms with Gasteiger partial charge in [-0.05, 0) is 18.2 Å². The monoisotopic (exact) mass is 275 g/mol. The molecule has 19 heavy (non-hydrogen) atoms. The third kappa shape index (κ3) is 2.98. The highest BCUT2D eigenvalue weighted by molar-refractivity contribution is 5.77. The van der Waals surface area contributed by atoms with Crippen molar-refractivity contribution in [1.29, 1.82) is 0 Å². The van der Waals surface area contributed by atoms with E-state index in [4.69, 9.17) is 9.47 Å². The van der Waals surface area contributed by atoms with Gasteiger partial charge < -0.3 is 14.8 Å². The Balaban J connectivity index is 2.33. The van der Waals surface area contributed by atoms with Gasteiger partial charge in [0.05, 0.1) is 12.7 Å². The minimum Gasteiger partial charge on any atom is -0.496 e. The van der Waals surface area contributed by atoms with Crippen LogP contribution < -0.4 is 10.1 Å². The van der Waals surface area contributed by atoms with E-state index in [1.165, 1.54) is 13.2 Å². The fraction of sp³-hybridized carbons (Fsp3) is 0.417. The van der Waals surface area contributed by atoms with Crippen molar-refractivity contribution in [3.05, 3.63) is 29.3 Å². The van der Waals surface area contributed by atoms with Crippen LogP contribution >= 0.6 is 0 Å². The van der Waals surface area contributed by atoms with Crippen LogP contribution in [0, 0.1) is 0 Å². The Morgan fingerprint density at radius 2 is 2.16 bits per heavy atom. The van der Waals surface area contributed by atoms with Crippen LogP contribution in [0.15, 0.2) is 18.2 Å². The van der Waals surface area contributed by atoms with Gasteiger partial charge in [0.15, 0.2) is 0 Å². The van der Waals surface area contributed by atoms with Gasteiger partial charge in [0.2, 0.25) is 5.91 Å². The quantitative estimate of drug-likeness (QED) is 0.896. The van der Waals surface area contributed by atoms with Crippen molar-refractivity contribution < 1.29 is 27.4 Å². The molecule has 2 rings (SSSR count). The first-order chi connectivity index (χ1) is 8.91. The van der Waals surface area contributed by atoms with Gasteiger partial charge >= 0.3 is 6.18 Å². The van der Waals surface area contributed by atoms with E-state index in [2.05, 4.69) is 5.32 Å². The molecular formula is C12H12F3NO3. The lowest BCUT2D eigenvalue weighted by atomic mass is 10.0. The van der Waals surface area contributed by atoms with Crippen LogP contribution in [-0.2, 0) is 15.7 Å². The molecule has 1 heterocycles. The number of hydrogen-bond acceptors (Lipinski definition) is 3. The molecule has 0 bridgehead atoms. The van der Waals surface area contributed by atoms with Crippen molar-refractivity contribution in [2.45, 2.75) is 12.3 Å². The van der Waals surface area contributed by atoms with Crippen LogP contribution in [-0.4, -0.2) is 26.2 Å². The maximum atomic E-state index is 12.7. The Morgan fingerprint density at radius 1 is 1.42 bits per heavy atom. The number of amides is 1. The molecule has 1 atom stereocenters. The summed E-state index contributed by atoms with van der Waals surface area (Å²) in [6.45, 7) is -0.0550. The Bertz CT molecular complexity index is 478. The third-order valence-corrected chi connectivity index (χ3v) is 2.80. The van der Waals surface area contributed by atoms with E-state index in [0.717, 1.165) is 12.1 Å². The summed E-state index contributed by atoms with van der Waals surface area (Å²) in [5.74, 6) is 0.0105. The van der Waals surface area contributed by atoms with Gasteiger partial charge in [-0.2, -0.15) is 13.2 Å². The molecule has 0 radical (unpaired) electrons. The molecule has 1 aromatic carbocycles. The lowest BCUT2D eigenvalue weighted by molar-refractivity contribution is -0.138. The summed E-state index contributed by atoms with van der Waals surface area (Å²) in [4.78, 5) is 11.0. The molecule has 0 saturated carbocycles. The predicted molar refractivity (Wildman–Crippen MR) is 59.7 cm³/mol. The summed E-state index contributed by atoms with van der Waals surface area (Å²) < 4.78 is 48.3. The van der Waals surface area contributed by atoms with E-state index < -0.39 is 17.8 Å². The summed E-state index contributed by atoms with van der Waals surface area (Å²) in [5, 5.41) is 2.54. The zero-order chi connectivity index (χ0) is 14.0. The van der Waals surface area contributed by atoms with Crippen molar-refractivity contribution in [1.82, 2.24) is 5.32 Å². The van der Waals surface area contributed by atoms with Crippen molar-refractivity contribution in [2.24, 2.45) is 0 Å². The Kier molecular flexibility index (Phi) is 3.66. The molecule has 1 saturated heterocycles. The smallest absolute Gasteiger partial charge is 0.416 e. The zero-order valence-corrected chi connectivity index (χ0v) is 10.1. The number of nitrogens with one attached hydrogen (secondary N) is 1. The standard InChI is InChI=1S/C12H12F3NO3/c1-18-9-3-2-7(12(13,14)15)4-8(9)10-5-16-11(17)6-19-10/h2-4,10H,5-6H2,1H3,(H,16,17). The second-order valence-corrected chi connectivity index (χ2v) is 4.06. The van der Waals surface area contributed by atoms with Gasteiger partial charge in [0.25, 0.3) is 0 Å². The molecule has 1 aliphatic rings. The van der Waals surface area contributed by atoms with E-state index in [-0.39, 0.29) is 24.6 Å². The van der Waals surface area contributed by atoms with Gasteiger partial charge in [-0.25, -0.2) is 0 Å². The van der Waals surface area contributed by atoms with Crippen molar-refractivity contribution in [3.8, 4) is 5.75 Å². The van der Waals surface area contributed by atoms with Crippen LogP contribution in [0.25, 0.3) is 0 Å². The fourth-order valence-electron chi connectivity index (χ4n) is 1.85. The van der Waals surface area contributed by atoms with Crippen molar-refractivity contribution in [2.75, 3.05) is 20.3 Å². The minimum atomic E-state index is -4.43. The summed E-state index contributed by atoms with van der Waals surface area (Å²) in [6, 6.07) is 3.18. The number of benzene rings is 1. The fourth-order valence-corrected chi connectivity index (χ4v) is 1.85. The molecule has 104 valence electrons. The normalized spacial score (nSPS) is 20.0. The highest BCUT2D eigenvalue weighted by Crippen LogP contribution is 2.36. The van der Waals surface area contributed by atoms with Gasteiger partial charge in [-0.15, -0.1) is 0 Å². The first kappa shape index (κ1) is 13.7. The van der Waals surface area contributed by atoms with E-state index in [9.17, 15) is 18.0 Å². The number of alkyl halides is 3. The topological polar surface area (TPSA) is 47.6 Å². The molecule has 0 aliphatic carbocycles. The molecule has 1 aliphatic heterocycles. The summed E-state index contributed by atoms with van der Waals surface area (Å²) in [6.07, 6.45) is -5.08. The molecule has 4 nitrogen and oxygen atoms in total. The lowest BCUT2D eigenvalue weighted by Gasteiger charge is -2.25. The first-order valence-electron chi connectivity index (χ1n) is 5.55. The Hall–Kier alpha value is -1.76. The van der Waals surface area contributed by atoms with E-state index >= 15 is 0 Å². The van der Waals surface area contributed by atoms with E-state index in [1.807, 2.05) is 0 Å². The molecule has 1 amide bonds. The van der Waals surface area contributed by atoms with Crippen LogP contribution in [0.1, 0.15) is 17.2 Å². The molecule has 1 N–H and O–H groups in total. The highest BCUT2D eigenvalue weighted by atomic mass is 19.4. The van der Waals surface area contributed by atoms with E-state index in [0.29, 0.717) is 5.75 Å². The molecule has 0 spiro atoms. The van der Waals surface area contributed by atoms with Crippen molar-refractivity contribution in [3.63, 3.8) is 0 Å². The molecular weight excluding hydrogens is 263 g/mol. The number of rotatable bonds is 2. The Morgan fingerprint density at radius 3 is 2.68 bits per heavy atom. The largest absolute Gasteiger partial charge is 0.496 e. The summed E-state index contributed by atoms with van der Waals surface area (Å²) >= 11 is 0. The highest BCUT2D eigenvalue weighted by Gasteiger charge is 2.33. The number of morpholine rings is 1. The molecule has 0 aromatic heterocycles. The summed E-state index contributed by atoms with van der Waals surface area (Å²) in [5.41, 5.74) is -0.499. The maximum Gasteiger partial charge on any atom is 0.416 e. The van der Waals surface area contributed by atoms with Gasteiger partial charge in [0.1, 0.15) is 18.5 Å². The number of hydrogen-bond donors (Lipinski definition) is 1. The average Bonchev–Trinajstić information content (AvgIpc) is 2.38. The van der Waals surface area contributed by atoms with Crippen LogP contribution in [0.2, 0.25) is 0 Å². The molecule has 7 heteroatoms. The Labute approximate surface area is 107 Å². The SMILES string of the molecule is COc1ccc(C(F)(F)F)cc1C1CNC(=O)CO1. The summed E-state index contributed by atoms with van der Waals surface area (Å²) in [7, 11) is 1.37. The van der Waals surface area contributed by atoms with Crippen LogP contribution in [0.5, 0.6) is 5.75 Å². The number of carbonyl (C=O) groups excluding carboxylic acids is 1. The maximum absolute atomic E-state index is 12.7.